The second-order valence-electron chi connectivity index (χ2n) is 5.30. The number of carbonyl (C=O) groups excluding carboxylic acids is 2. The fraction of sp³-hybridized carbons (Fsp3) is 0.176. The van der Waals surface area contributed by atoms with Gasteiger partial charge in [0, 0.05) is 12.6 Å². The lowest BCUT2D eigenvalue weighted by molar-refractivity contribution is -0.137. The van der Waals surface area contributed by atoms with Crippen LogP contribution in [-0.4, -0.2) is 18.4 Å². The fourth-order valence-corrected chi connectivity index (χ4v) is 2.18. The highest BCUT2D eigenvalue weighted by atomic mass is 19.4. The predicted molar refractivity (Wildman–Crippen MR) is 84.5 cm³/mol. The van der Waals surface area contributed by atoms with Gasteiger partial charge in [-0.25, -0.2) is 8.78 Å². The van der Waals surface area contributed by atoms with E-state index >= 15 is 0 Å². The Bertz CT molecular complexity index is 799. The molecule has 0 unspecified atom stereocenters. The van der Waals surface area contributed by atoms with Gasteiger partial charge in [-0.1, -0.05) is 6.07 Å². The summed E-state index contributed by atoms with van der Waals surface area (Å²) in [5, 5.41) is 2.27. The summed E-state index contributed by atoms with van der Waals surface area (Å²) in [7, 11) is 0. The standard InChI is InChI=1S/C17H13F5N2O2/c1-10(25)24(16-13(18)3-2-4-14(16)19)9-15(26)23-12-7-5-11(6-8-12)17(20,21)22/h2-8H,9H2,1H3,(H,23,26). The predicted octanol–water partition coefficient (Wildman–Crippen LogP) is 3.98. The Morgan fingerprint density at radius 3 is 2.00 bits per heavy atom. The summed E-state index contributed by atoms with van der Waals surface area (Å²) in [5.74, 6) is -3.66. The maximum Gasteiger partial charge on any atom is 0.416 e. The summed E-state index contributed by atoms with van der Waals surface area (Å²) in [6.45, 7) is 0.311. The molecule has 0 fully saturated rings. The van der Waals surface area contributed by atoms with E-state index in [2.05, 4.69) is 5.32 Å². The van der Waals surface area contributed by atoms with Crippen molar-refractivity contribution in [3.63, 3.8) is 0 Å². The highest BCUT2D eigenvalue weighted by molar-refractivity contribution is 6.01. The molecule has 1 N–H and O–H groups in total. The number of nitrogens with one attached hydrogen (secondary N) is 1. The van der Waals surface area contributed by atoms with Crippen molar-refractivity contribution >= 4 is 23.2 Å². The van der Waals surface area contributed by atoms with E-state index in [0.717, 1.165) is 49.4 Å². The molecular formula is C17H13F5N2O2. The molecular weight excluding hydrogens is 359 g/mol. The first-order valence-corrected chi connectivity index (χ1v) is 7.29. The summed E-state index contributed by atoms with van der Waals surface area (Å²) in [5.41, 5.74) is -1.53. The molecule has 0 saturated carbocycles. The smallest absolute Gasteiger partial charge is 0.325 e. The number of para-hydroxylation sites is 1. The zero-order chi connectivity index (χ0) is 19.5. The van der Waals surface area contributed by atoms with Crippen LogP contribution >= 0.6 is 0 Å². The van der Waals surface area contributed by atoms with Crippen molar-refractivity contribution in [2.45, 2.75) is 13.1 Å². The number of benzene rings is 2. The van der Waals surface area contributed by atoms with Gasteiger partial charge >= 0.3 is 6.18 Å². The topological polar surface area (TPSA) is 49.4 Å². The third kappa shape index (κ3) is 4.56. The molecule has 138 valence electrons. The Hall–Kier alpha value is -2.97. The van der Waals surface area contributed by atoms with Gasteiger partial charge in [0.2, 0.25) is 11.8 Å². The lowest BCUT2D eigenvalue weighted by Gasteiger charge is -2.21. The molecule has 0 aliphatic heterocycles. The number of amides is 2. The molecule has 9 heteroatoms. The van der Waals surface area contributed by atoms with Crippen LogP contribution in [0.2, 0.25) is 0 Å². The van der Waals surface area contributed by atoms with Gasteiger partial charge in [-0.15, -0.1) is 0 Å². The van der Waals surface area contributed by atoms with Crippen molar-refractivity contribution in [2.24, 2.45) is 0 Å². The molecule has 0 radical (unpaired) electrons. The van der Waals surface area contributed by atoms with Crippen molar-refractivity contribution in [2.75, 3.05) is 16.8 Å². The molecule has 0 saturated heterocycles. The number of hydrogen-bond donors (Lipinski definition) is 1. The first-order chi connectivity index (χ1) is 12.1. The molecule has 0 spiro atoms. The summed E-state index contributed by atoms with van der Waals surface area (Å²) >= 11 is 0. The summed E-state index contributed by atoms with van der Waals surface area (Å²) in [6, 6.07) is 6.58. The fourth-order valence-electron chi connectivity index (χ4n) is 2.18. The minimum absolute atomic E-state index is 0.0421. The van der Waals surface area contributed by atoms with Crippen molar-refractivity contribution in [3.8, 4) is 0 Å². The van der Waals surface area contributed by atoms with E-state index < -0.39 is 47.4 Å². The van der Waals surface area contributed by atoms with E-state index in [1.165, 1.54) is 0 Å². The lowest BCUT2D eigenvalue weighted by atomic mass is 10.2. The molecule has 0 aliphatic carbocycles. The second-order valence-corrected chi connectivity index (χ2v) is 5.30. The van der Waals surface area contributed by atoms with E-state index in [9.17, 15) is 31.5 Å². The van der Waals surface area contributed by atoms with Crippen LogP contribution in [0.25, 0.3) is 0 Å². The zero-order valence-corrected chi connectivity index (χ0v) is 13.4. The number of rotatable bonds is 4. The minimum Gasteiger partial charge on any atom is -0.325 e. The molecule has 26 heavy (non-hydrogen) atoms. The van der Waals surface area contributed by atoms with Gasteiger partial charge in [-0.2, -0.15) is 13.2 Å². The van der Waals surface area contributed by atoms with Gasteiger partial charge in [0.25, 0.3) is 0 Å². The SMILES string of the molecule is CC(=O)N(CC(=O)Nc1ccc(C(F)(F)F)cc1)c1c(F)cccc1F. The third-order valence-corrected chi connectivity index (χ3v) is 3.39. The Kier molecular flexibility index (Phi) is 5.59. The number of alkyl halides is 3. The number of nitrogens with zero attached hydrogens (tertiary/aromatic N) is 1. The van der Waals surface area contributed by atoms with Crippen molar-refractivity contribution in [3.05, 3.63) is 59.7 Å². The summed E-state index contributed by atoms with van der Waals surface area (Å²) in [4.78, 5) is 24.3. The molecule has 4 nitrogen and oxygen atoms in total. The van der Waals surface area contributed by atoms with E-state index in [4.69, 9.17) is 0 Å². The Morgan fingerprint density at radius 1 is 1.00 bits per heavy atom. The molecule has 2 rings (SSSR count). The Morgan fingerprint density at radius 2 is 1.54 bits per heavy atom. The van der Waals surface area contributed by atoms with E-state index in [-0.39, 0.29) is 5.69 Å². The number of anilines is 2. The molecule has 2 aromatic carbocycles. The maximum atomic E-state index is 13.8. The van der Waals surface area contributed by atoms with Gasteiger partial charge in [0.1, 0.15) is 23.9 Å². The number of halogens is 5. The second kappa shape index (κ2) is 7.51. The monoisotopic (exact) mass is 372 g/mol. The summed E-state index contributed by atoms with van der Waals surface area (Å²) < 4.78 is 65.2. The summed E-state index contributed by atoms with van der Waals surface area (Å²) in [6.07, 6.45) is -4.52. The quantitative estimate of drug-likeness (QED) is 0.826. The van der Waals surface area contributed by atoms with Crippen LogP contribution in [0.5, 0.6) is 0 Å². The largest absolute Gasteiger partial charge is 0.416 e. The molecule has 0 aromatic heterocycles. The van der Waals surface area contributed by atoms with Crippen LogP contribution in [0.1, 0.15) is 12.5 Å². The average Bonchev–Trinajstić information content (AvgIpc) is 2.53. The van der Waals surface area contributed by atoms with E-state index in [0.29, 0.717) is 4.90 Å². The van der Waals surface area contributed by atoms with Crippen LogP contribution in [0.3, 0.4) is 0 Å². The first kappa shape index (κ1) is 19.4. The maximum absolute atomic E-state index is 13.8. The van der Waals surface area contributed by atoms with Crippen LogP contribution < -0.4 is 10.2 Å². The third-order valence-electron chi connectivity index (χ3n) is 3.39. The van der Waals surface area contributed by atoms with Crippen LogP contribution in [0.15, 0.2) is 42.5 Å². The molecule has 0 heterocycles. The Balaban J connectivity index is 2.15. The minimum atomic E-state index is -4.52. The molecule has 2 aromatic rings. The number of hydrogen-bond acceptors (Lipinski definition) is 2. The van der Waals surface area contributed by atoms with Gasteiger partial charge in [-0.05, 0) is 36.4 Å². The highest BCUT2D eigenvalue weighted by Gasteiger charge is 2.30. The zero-order valence-electron chi connectivity index (χ0n) is 13.4. The van der Waals surface area contributed by atoms with Crippen molar-refractivity contribution in [1.82, 2.24) is 0 Å². The van der Waals surface area contributed by atoms with Crippen LogP contribution in [0.4, 0.5) is 33.3 Å². The van der Waals surface area contributed by atoms with Gasteiger partial charge in [0.15, 0.2) is 0 Å². The normalized spacial score (nSPS) is 11.2. The molecule has 0 atom stereocenters. The molecule has 2 amide bonds. The van der Waals surface area contributed by atoms with Crippen LogP contribution in [-0.2, 0) is 15.8 Å². The van der Waals surface area contributed by atoms with Gasteiger partial charge in [0.05, 0.1) is 5.56 Å². The Labute approximate surface area is 145 Å². The van der Waals surface area contributed by atoms with Gasteiger partial charge < -0.3 is 5.32 Å². The van der Waals surface area contributed by atoms with E-state index in [1.807, 2.05) is 0 Å². The lowest BCUT2D eigenvalue weighted by Crippen LogP contribution is -2.37. The highest BCUT2D eigenvalue weighted by Crippen LogP contribution is 2.30. The van der Waals surface area contributed by atoms with Crippen molar-refractivity contribution in [1.29, 1.82) is 0 Å². The molecule has 0 aliphatic rings. The average molecular weight is 372 g/mol. The van der Waals surface area contributed by atoms with Gasteiger partial charge in [-0.3, -0.25) is 14.5 Å². The van der Waals surface area contributed by atoms with E-state index in [1.54, 1.807) is 0 Å². The molecule has 0 bridgehead atoms. The van der Waals surface area contributed by atoms with Crippen LogP contribution in [0, 0.1) is 11.6 Å². The van der Waals surface area contributed by atoms with Crippen molar-refractivity contribution < 1.29 is 31.5 Å². The number of carbonyl (C=O) groups is 2. The first-order valence-electron chi connectivity index (χ1n) is 7.29.